The lowest BCUT2D eigenvalue weighted by Gasteiger charge is -2.32. The monoisotopic (exact) mass is 248 g/mol. The second-order valence-electron chi connectivity index (χ2n) is 8.14. The lowest BCUT2D eigenvalue weighted by atomic mass is 9.71. The summed E-state index contributed by atoms with van der Waals surface area (Å²) in [6, 6.07) is 0. The van der Waals surface area contributed by atoms with Crippen molar-refractivity contribution in [3.05, 3.63) is 0 Å². The Morgan fingerprint density at radius 3 is 2.11 bits per heavy atom. The zero-order valence-corrected chi connectivity index (χ0v) is 12.1. The van der Waals surface area contributed by atoms with Gasteiger partial charge in [0.25, 0.3) is 0 Å². The van der Waals surface area contributed by atoms with E-state index in [1.54, 1.807) is 0 Å². The van der Waals surface area contributed by atoms with Gasteiger partial charge in [0, 0.05) is 0 Å². The molecule has 3 saturated carbocycles. The Labute approximate surface area is 111 Å². The maximum absolute atomic E-state index is 6.16. The van der Waals surface area contributed by atoms with Gasteiger partial charge in [-0.05, 0) is 82.9 Å². The molecule has 4 rings (SSSR count). The third-order valence-corrected chi connectivity index (χ3v) is 6.63. The molecular weight excluding hydrogens is 223 g/mol. The van der Waals surface area contributed by atoms with Gasteiger partial charge in [-0.1, -0.05) is 0 Å². The van der Waals surface area contributed by atoms with Crippen LogP contribution in [-0.4, -0.2) is 18.3 Å². The molecule has 2 nitrogen and oxygen atoms in total. The smallest absolute Gasteiger partial charge is 0.403 e. The SMILES string of the molecule is CC1(C)OB(CC2CC3CC2C2CC32)OC1(C)C. The lowest BCUT2D eigenvalue weighted by Crippen LogP contribution is -2.41. The van der Waals surface area contributed by atoms with Crippen molar-refractivity contribution < 1.29 is 9.31 Å². The van der Waals surface area contributed by atoms with Gasteiger partial charge in [0.2, 0.25) is 0 Å². The number of hydrogen-bond donors (Lipinski definition) is 0. The molecule has 4 fully saturated rings. The highest BCUT2D eigenvalue weighted by molar-refractivity contribution is 6.45. The van der Waals surface area contributed by atoms with Crippen LogP contribution >= 0.6 is 0 Å². The topological polar surface area (TPSA) is 18.5 Å². The number of hydrogen-bond acceptors (Lipinski definition) is 2. The molecule has 0 aromatic heterocycles. The Morgan fingerprint density at radius 2 is 1.56 bits per heavy atom. The summed E-state index contributed by atoms with van der Waals surface area (Å²) >= 11 is 0. The van der Waals surface area contributed by atoms with Crippen LogP contribution in [0.3, 0.4) is 0 Å². The summed E-state index contributed by atoms with van der Waals surface area (Å²) in [6.45, 7) is 8.63. The van der Waals surface area contributed by atoms with Crippen molar-refractivity contribution >= 4 is 7.12 Å². The van der Waals surface area contributed by atoms with Crippen LogP contribution < -0.4 is 0 Å². The van der Waals surface area contributed by atoms with Gasteiger partial charge in [-0.25, -0.2) is 0 Å². The summed E-state index contributed by atoms with van der Waals surface area (Å²) in [7, 11) is 0.0385. The van der Waals surface area contributed by atoms with Crippen molar-refractivity contribution in [1.29, 1.82) is 0 Å². The molecule has 0 aromatic carbocycles. The highest BCUT2D eigenvalue weighted by atomic mass is 16.7. The fourth-order valence-electron chi connectivity index (χ4n) is 4.93. The Kier molecular flexibility index (Phi) is 2.19. The van der Waals surface area contributed by atoms with Gasteiger partial charge in [-0.2, -0.15) is 0 Å². The Balaban J connectivity index is 1.42. The molecule has 18 heavy (non-hydrogen) atoms. The second kappa shape index (κ2) is 3.35. The number of fused-ring (bicyclic) bond motifs is 5. The van der Waals surface area contributed by atoms with Gasteiger partial charge in [0.15, 0.2) is 0 Å². The van der Waals surface area contributed by atoms with E-state index in [-0.39, 0.29) is 18.3 Å². The van der Waals surface area contributed by atoms with Gasteiger partial charge >= 0.3 is 7.12 Å². The molecule has 5 atom stereocenters. The standard InChI is InChI=1S/C15H25BO2/c1-14(2)15(3,4)18-16(17-14)8-10-5-9-6-11(10)13-7-12(9)13/h9-13H,5-8H2,1-4H3. The first kappa shape index (κ1) is 11.8. The predicted octanol–water partition coefficient (Wildman–Crippen LogP) is 3.37. The van der Waals surface area contributed by atoms with E-state index in [4.69, 9.17) is 9.31 Å². The minimum Gasteiger partial charge on any atom is -0.403 e. The first-order valence-corrected chi connectivity index (χ1v) is 7.73. The summed E-state index contributed by atoms with van der Waals surface area (Å²) in [5.41, 5.74) is -0.311. The molecule has 0 aromatic rings. The van der Waals surface area contributed by atoms with Crippen LogP contribution in [0.15, 0.2) is 0 Å². The van der Waals surface area contributed by atoms with E-state index in [0.29, 0.717) is 0 Å². The van der Waals surface area contributed by atoms with E-state index >= 15 is 0 Å². The van der Waals surface area contributed by atoms with Crippen molar-refractivity contribution in [2.75, 3.05) is 0 Å². The van der Waals surface area contributed by atoms with Gasteiger partial charge < -0.3 is 9.31 Å². The maximum Gasteiger partial charge on any atom is 0.458 e. The molecule has 1 heterocycles. The molecule has 5 unspecified atom stereocenters. The molecule has 0 spiro atoms. The van der Waals surface area contributed by atoms with E-state index in [1.807, 2.05) is 0 Å². The molecule has 4 aliphatic rings. The highest BCUT2D eigenvalue weighted by Crippen LogP contribution is 2.68. The van der Waals surface area contributed by atoms with Crippen molar-refractivity contribution in [1.82, 2.24) is 0 Å². The molecule has 3 aliphatic carbocycles. The van der Waals surface area contributed by atoms with Crippen molar-refractivity contribution in [2.24, 2.45) is 29.6 Å². The van der Waals surface area contributed by atoms with Crippen LogP contribution in [0.1, 0.15) is 47.0 Å². The zero-order valence-electron chi connectivity index (χ0n) is 12.1. The summed E-state index contributed by atoms with van der Waals surface area (Å²) in [6.07, 6.45) is 5.64. The Bertz CT molecular complexity index is 363. The lowest BCUT2D eigenvalue weighted by molar-refractivity contribution is 0.00578. The van der Waals surface area contributed by atoms with Crippen LogP contribution in [-0.2, 0) is 9.31 Å². The third kappa shape index (κ3) is 1.50. The summed E-state index contributed by atoms with van der Waals surface area (Å²) in [5, 5.41) is 0. The normalized spacial score (nSPS) is 50.7. The molecule has 0 amide bonds. The van der Waals surface area contributed by atoms with Gasteiger partial charge in [0.05, 0.1) is 11.2 Å². The van der Waals surface area contributed by atoms with Gasteiger partial charge in [-0.15, -0.1) is 0 Å². The predicted molar refractivity (Wildman–Crippen MR) is 72.2 cm³/mol. The molecule has 0 N–H and O–H groups in total. The van der Waals surface area contributed by atoms with Crippen molar-refractivity contribution in [3.63, 3.8) is 0 Å². The van der Waals surface area contributed by atoms with E-state index in [2.05, 4.69) is 27.7 Å². The fraction of sp³-hybridized carbons (Fsp3) is 1.00. The molecule has 0 radical (unpaired) electrons. The third-order valence-electron chi connectivity index (χ3n) is 6.63. The van der Waals surface area contributed by atoms with Crippen LogP contribution in [0.25, 0.3) is 0 Å². The molecule has 3 heteroatoms. The Hall–Kier alpha value is -0.0151. The van der Waals surface area contributed by atoms with E-state index in [0.717, 1.165) is 35.9 Å². The average molecular weight is 248 g/mol. The summed E-state index contributed by atoms with van der Waals surface area (Å²) in [4.78, 5) is 0. The van der Waals surface area contributed by atoms with E-state index in [1.165, 1.54) is 19.3 Å². The van der Waals surface area contributed by atoms with E-state index < -0.39 is 0 Å². The highest BCUT2D eigenvalue weighted by Gasteiger charge is 2.62. The van der Waals surface area contributed by atoms with Gasteiger partial charge in [0.1, 0.15) is 0 Å². The molecular formula is C15H25BO2. The van der Waals surface area contributed by atoms with Crippen molar-refractivity contribution in [3.8, 4) is 0 Å². The molecule has 100 valence electrons. The van der Waals surface area contributed by atoms with Crippen LogP contribution in [0, 0.1) is 29.6 Å². The Morgan fingerprint density at radius 1 is 0.889 bits per heavy atom. The van der Waals surface area contributed by atoms with E-state index in [9.17, 15) is 0 Å². The quantitative estimate of drug-likeness (QED) is 0.697. The molecule has 1 aliphatic heterocycles. The van der Waals surface area contributed by atoms with Crippen LogP contribution in [0.5, 0.6) is 0 Å². The largest absolute Gasteiger partial charge is 0.458 e. The fourth-order valence-corrected chi connectivity index (χ4v) is 4.93. The minimum atomic E-state index is -0.155. The molecule has 2 bridgehead atoms. The number of rotatable bonds is 2. The zero-order chi connectivity index (χ0) is 12.7. The second-order valence-corrected chi connectivity index (χ2v) is 8.14. The summed E-state index contributed by atoms with van der Waals surface area (Å²) in [5.74, 6) is 5.18. The first-order valence-electron chi connectivity index (χ1n) is 7.73. The minimum absolute atomic E-state index is 0.0385. The first-order chi connectivity index (χ1) is 8.37. The van der Waals surface area contributed by atoms with Gasteiger partial charge in [-0.3, -0.25) is 0 Å². The van der Waals surface area contributed by atoms with Crippen molar-refractivity contribution in [2.45, 2.75) is 64.5 Å². The van der Waals surface area contributed by atoms with Crippen LogP contribution in [0.4, 0.5) is 0 Å². The maximum atomic E-state index is 6.16. The van der Waals surface area contributed by atoms with Crippen LogP contribution in [0.2, 0.25) is 6.32 Å². The average Bonchev–Trinajstić information content (AvgIpc) is 2.78. The molecule has 1 saturated heterocycles. The summed E-state index contributed by atoms with van der Waals surface area (Å²) < 4.78 is 12.3.